The summed E-state index contributed by atoms with van der Waals surface area (Å²) in [6, 6.07) is 4.85. The number of carbonyl (C=O) groups excluding carboxylic acids is 1. The first-order chi connectivity index (χ1) is 12.5. The second-order valence-corrected chi connectivity index (χ2v) is 6.15. The largest absolute Gasteiger partial charge is 0.352 e. The number of rotatable bonds is 3. The molecule has 0 saturated carbocycles. The number of anilines is 2. The van der Waals surface area contributed by atoms with E-state index in [1.54, 1.807) is 19.1 Å². The normalized spacial score (nSPS) is 17.0. The number of alkyl halides is 1. The van der Waals surface area contributed by atoms with Crippen LogP contribution in [0.5, 0.6) is 0 Å². The molecule has 0 aromatic carbocycles. The Balaban J connectivity index is 1.70. The molecule has 0 unspecified atom stereocenters. The molecule has 1 amide bonds. The van der Waals surface area contributed by atoms with Crippen LogP contribution < -0.4 is 10.2 Å². The number of nitrogens with zero attached hydrogens (tertiary/aromatic N) is 5. The first-order valence-corrected chi connectivity index (χ1v) is 8.19. The average molecular weight is 358 g/mol. The van der Waals surface area contributed by atoms with Gasteiger partial charge in [0, 0.05) is 12.7 Å². The van der Waals surface area contributed by atoms with Gasteiger partial charge in [-0.3, -0.25) is 9.78 Å². The van der Waals surface area contributed by atoms with Crippen LogP contribution in [0.3, 0.4) is 0 Å². The first kappa shape index (κ1) is 16.4. The Hall–Kier alpha value is -3.10. The molecule has 4 heterocycles. The van der Waals surface area contributed by atoms with Crippen molar-refractivity contribution >= 4 is 23.1 Å². The molecule has 4 rings (SSSR count). The number of pyridine rings is 1. The SMILES string of the molecule is Cc1nc2ccc(N3CC[C@H](F)C3)nn2c1C(=O)Nc1ccncc1F. The van der Waals surface area contributed by atoms with Gasteiger partial charge in [0.05, 0.1) is 24.1 Å². The Labute approximate surface area is 147 Å². The average Bonchev–Trinajstić information content (AvgIpc) is 3.18. The molecule has 3 aromatic rings. The van der Waals surface area contributed by atoms with Crippen LogP contribution in [0.2, 0.25) is 0 Å². The third-order valence-electron chi connectivity index (χ3n) is 4.33. The van der Waals surface area contributed by atoms with Crippen molar-refractivity contribution in [1.82, 2.24) is 19.6 Å². The molecule has 0 aliphatic carbocycles. The predicted molar refractivity (Wildman–Crippen MR) is 91.6 cm³/mol. The highest BCUT2D eigenvalue weighted by Crippen LogP contribution is 2.22. The first-order valence-electron chi connectivity index (χ1n) is 8.19. The van der Waals surface area contributed by atoms with E-state index in [2.05, 4.69) is 20.4 Å². The quantitative estimate of drug-likeness (QED) is 0.778. The van der Waals surface area contributed by atoms with Gasteiger partial charge in [-0.1, -0.05) is 0 Å². The molecule has 1 aliphatic heterocycles. The molecule has 1 aliphatic rings. The molecule has 0 radical (unpaired) electrons. The summed E-state index contributed by atoms with van der Waals surface area (Å²) in [5.41, 5.74) is 1.18. The minimum atomic E-state index is -0.880. The predicted octanol–water partition coefficient (Wildman–Crippen LogP) is 2.37. The van der Waals surface area contributed by atoms with Crippen LogP contribution in [-0.4, -0.2) is 44.8 Å². The van der Waals surface area contributed by atoms with Gasteiger partial charge < -0.3 is 10.2 Å². The van der Waals surface area contributed by atoms with E-state index >= 15 is 0 Å². The third kappa shape index (κ3) is 2.85. The van der Waals surface area contributed by atoms with E-state index in [4.69, 9.17) is 0 Å². The van der Waals surface area contributed by atoms with Gasteiger partial charge >= 0.3 is 0 Å². The summed E-state index contributed by atoms with van der Waals surface area (Å²) in [5, 5.41) is 6.96. The standard InChI is InChI=1S/C17H16F2N6O/c1-10-16(17(26)22-13-4-6-20-8-12(13)19)25-14(21-10)2-3-15(23-25)24-7-5-11(18)9-24/h2-4,6,8,11H,5,7,9H2,1H3,(H,20,22,26)/t11-/m0/s1. The molecule has 1 fully saturated rings. The number of imidazole rings is 1. The molecular formula is C17H16F2N6O. The van der Waals surface area contributed by atoms with Crippen molar-refractivity contribution < 1.29 is 13.6 Å². The zero-order valence-electron chi connectivity index (χ0n) is 14.0. The van der Waals surface area contributed by atoms with Crippen LogP contribution in [0.15, 0.2) is 30.6 Å². The molecule has 7 nitrogen and oxygen atoms in total. The Bertz CT molecular complexity index is 989. The number of halogens is 2. The highest BCUT2D eigenvalue weighted by Gasteiger charge is 2.25. The van der Waals surface area contributed by atoms with Crippen LogP contribution in [0, 0.1) is 12.7 Å². The zero-order chi connectivity index (χ0) is 18.3. The van der Waals surface area contributed by atoms with E-state index in [1.165, 1.54) is 16.8 Å². The molecule has 1 saturated heterocycles. The second kappa shape index (κ2) is 6.32. The van der Waals surface area contributed by atoms with E-state index in [-0.39, 0.29) is 17.9 Å². The van der Waals surface area contributed by atoms with Crippen molar-refractivity contribution in [1.29, 1.82) is 0 Å². The van der Waals surface area contributed by atoms with E-state index in [0.717, 1.165) is 6.20 Å². The minimum absolute atomic E-state index is 0.0234. The Morgan fingerprint density at radius 2 is 2.19 bits per heavy atom. The lowest BCUT2D eigenvalue weighted by Gasteiger charge is -2.16. The molecule has 134 valence electrons. The van der Waals surface area contributed by atoms with E-state index < -0.39 is 17.9 Å². The fraction of sp³-hybridized carbons (Fsp3) is 0.294. The summed E-state index contributed by atoms with van der Waals surface area (Å²) in [4.78, 5) is 22.5. The number of nitrogens with one attached hydrogen (secondary N) is 1. The molecule has 3 aromatic heterocycles. The van der Waals surface area contributed by atoms with Gasteiger partial charge in [0.15, 0.2) is 17.2 Å². The van der Waals surface area contributed by atoms with Crippen molar-refractivity contribution in [3.63, 3.8) is 0 Å². The van der Waals surface area contributed by atoms with Crippen LogP contribution in [0.4, 0.5) is 20.3 Å². The number of amides is 1. The maximum absolute atomic E-state index is 13.8. The lowest BCUT2D eigenvalue weighted by molar-refractivity contribution is 0.101. The fourth-order valence-electron chi connectivity index (χ4n) is 3.05. The number of hydrogen-bond donors (Lipinski definition) is 1. The summed E-state index contributed by atoms with van der Waals surface area (Å²) in [7, 11) is 0. The van der Waals surface area contributed by atoms with Gasteiger partial charge in [-0.25, -0.2) is 18.3 Å². The molecular weight excluding hydrogens is 342 g/mol. The second-order valence-electron chi connectivity index (χ2n) is 6.15. The molecule has 0 bridgehead atoms. The van der Waals surface area contributed by atoms with Crippen molar-refractivity contribution in [2.45, 2.75) is 19.5 Å². The van der Waals surface area contributed by atoms with Crippen molar-refractivity contribution in [3.8, 4) is 0 Å². The summed E-state index contributed by atoms with van der Waals surface area (Å²) < 4.78 is 28.6. The highest BCUT2D eigenvalue weighted by molar-refractivity contribution is 6.04. The Morgan fingerprint density at radius 1 is 1.35 bits per heavy atom. The summed E-state index contributed by atoms with van der Waals surface area (Å²) in [5.74, 6) is -0.597. The van der Waals surface area contributed by atoms with Gasteiger partial charge in [0.25, 0.3) is 5.91 Å². The number of carbonyl (C=O) groups is 1. The number of aryl methyl sites for hydroxylation is 1. The smallest absolute Gasteiger partial charge is 0.276 e. The topological polar surface area (TPSA) is 75.4 Å². The molecule has 1 atom stereocenters. The number of aromatic nitrogens is 4. The van der Waals surface area contributed by atoms with E-state index in [0.29, 0.717) is 30.1 Å². The van der Waals surface area contributed by atoms with Crippen LogP contribution in [0.25, 0.3) is 5.65 Å². The maximum Gasteiger partial charge on any atom is 0.276 e. The zero-order valence-corrected chi connectivity index (χ0v) is 14.0. The summed E-state index contributed by atoms with van der Waals surface area (Å²) in [6.07, 6.45) is 1.98. The van der Waals surface area contributed by atoms with Gasteiger partial charge in [-0.15, -0.1) is 5.10 Å². The van der Waals surface area contributed by atoms with Gasteiger partial charge in [0.1, 0.15) is 12.0 Å². The van der Waals surface area contributed by atoms with Crippen LogP contribution >= 0.6 is 0 Å². The van der Waals surface area contributed by atoms with Crippen LogP contribution in [0.1, 0.15) is 22.6 Å². The fourth-order valence-corrected chi connectivity index (χ4v) is 3.05. The molecule has 9 heteroatoms. The number of fused-ring (bicyclic) bond motifs is 1. The Kier molecular flexibility index (Phi) is 3.98. The summed E-state index contributed by atoms with van der Waals surface area (Å²) >= 11 is 0. The van der Waals surface area contributed by atoms with Gasteiger partial charge in [0.2, 0.25) is 0 Å². The molecule has 0 spiro atoms. The van der Waals surface area contributed by atoms with Gasteiger partial charge in [-0.05, 0) is 31.5 Å². The highest BCUT2D eigenvalue weighted by atomic mass is 19.1. The third-order valence-corrected chi connectivity index (χ3v) is 4.33. The lowest BCUT2D eigenvalue weighted by Crippen LogP contribution is -2.23. The number of hydrogen-bond acceptors (Lipinski definition) is 5. The Morgan fingerprint density at radius 3 is 2.92 bits per heavy atom. The minimum Gasteiger partial charge on any atom is -0.352 e. The molecule has 26 heavy (non-hydrogen) atoms. The van der Waals surface area contributed by atoms with Crippen LogP contribution in [-0.2, 0) is 0 Å². The summed E-state index contributed by atoms with van der Waals surface area (Å²) in [6.45, 7) is 2.52. The van der Waals surface area contributed by atoms with Crippen molar-refractivity contribution in [2.24, 2.45) is 0 Å². The molecule has 1 N–H and O–H groups in total. The lowest BCUT2D eigenvalue weighted by atomic mass is 10.3. The van der Waals surface area contributed by atoms with Gasteiger partial charge in [-0.2, -0.15) is 0 Å². The van der Waals surface area contributed by atoms with E-state index in [9.17, 15) is 13.6 Å². The van der Waals surface area contributed by atoms with E-state index in [1.807, 2.05) is 4.90 Å². The monoisotopic (exact) mass is 358 g/mol. The maximum atomic E-state index is 13.8. The van der Waals surface area contributed by atoms with Crippen molar-refractivity contribution in [3.05, 3.63) is 47.8 Å². The van der Waals surface area contributed by atoms with Crippen molar-refractivity contribution in [2.75, 3.05) is 23.3 Å².